The van der Waals surface area contributed by atoms with Gasteiger partial charge in [-0.3, -0.25) is 9.59 Å². The average Bonchev–Trinajstić information content (AvgIpc) is 2.36. The molecule has 4 nitrogen and oxygen atoms in total. The smallest absolute Gasteiger partial charge is 0.310 e. The summed E-state index contributed by atoms with van der Waals surface area (Å²) in [6.45, 7) is 0.347. The third-order valence-corrected chi connectivity index (χ3v) is 4.35. The van der Waals surface area contributed by atoms with Crippen LogP contribution in [0.25, 0.3) is 0 Å². The van der Waals surface area contributed by atoms with Gasteiger partial charge in [-0.05, 0) is 37.0 Å². The van der Waals surface area contributed by atoms with E-state index in [4.69, 9.17) is 16.7 Å². The van der Waals surface area contributed by atoms with Gasteiger partial charge in [0.2, 0.25) is 5.91 Å². The van der Waals surface area contributed by atoms with Gasteiger partial charge in [0, 0.05) is 18.0 Å². The number of hydrogen-bond acceptors (Lipinski definition) is 2. The SMILES string of the molecule is O=C(CC1(C(=O)O)CCC1)NCCc1ccc(F)cc1Cl. The van der Waals surface area contributed by atoms with Crippen molar-refractivity contribution in [3.05, 3.63) is 34.6 Å². The first kappa shape index (κ1) is 15.8. The van der Waals surface area contributed by atoms with Crippen LogP contribution in [0.3, 0.4) is 0 Å². The first-order valence-corrected chi connectivity index (χ1v) is 7.25. The van der Waals surface area contributed by atoms with Crippen LogP contribution in [0.4, 0.5) is 4.39 Å². The Morgan fingerprint density at radius 3 is 2.62 bits per heavy atom. The molecule has 2 N–H and O–H groups in total. The number of carboxylic acid groups (broad SMARTS) is 1. The molecular weight excluding hydrogens is 297 g/mol. The molecule has 1 aromatic carbocycles. The lowest BCUT2D eigenvalue weighted by Gasteiger charge is -2.36. The van der Waals surface area contributed by atoms with Gasteiger partial charge in [0.25, 0.3) is 0 Å². The van der Waals surface area contributed by atoms with Gasteiger partial charge in [-0.1, -0.05) is 24.1 Å². The average molecular weight is 314 g/mol. The molecule has 1 aromatic rings. The van der Waals surface area contributed by atoms with Crippen LogP contribution in [0.15, 0.2) is 18.2 Å². The van der Waals surface area contributed by atoms with Gasteiger partial charge in [0.1, 0.15) is 5.82 Å². The number of carbonyl (C=O) groups excluding carboxylic acids is 1. The third-order valence-electron chi connectivity index (χ3n) is 3.99. The van der Waals surface area contributed by atoms with E-state index in [-0.39, 0.29) is 12.3 Å². The Morgan fingerprint density at radius 1 is 1.38 bits per heavy atom. The molecule has 1 fully saturated rings. The molecule has 0 bridgehead atoms. The summed E-state index contributed by atoms with van der Waals surface area (Å²) in [5, 5.41) is 12.2. The highest BCUT2D eigenvalue weighted by atomic mass is 35.5. The number of benzene rings is 1. The number of halogens is 2. The Bertz CT molecular complexity index is 558. The summed E-state index contributed by atoms with van der Waals surface area (Å²) < 4.78 is 12.9. The van der Waals surface area contributed by atoms with Crippen LogP contribution < -0.4 is 5.32 Å². The van der Waals surface area contributed by atoms with Crippen molar-refractivity contribution in [1.82, 2.24) is 5.32 Å². The molecule has 0 unspecified atom stereocenters. The van der Waals surface area contributed by atoms with Crippen LogP contribution in [0.5, 0.6) is 0 Å². The molecule has 1 aliphatic rings. The molecule has 0 saturated heterocycles. The lowest BCUT2D eigenvalue weighted by Crippen LogP contribution is -2.42. The molecule has 1 aliphatic carbocycles. The fourth-order valence-electron chi connectivity index (χ4n) is 2.50. The first-order chi connectivity index (χ1) is 9.93. The number of carboxylic acids is 1. The minimum atomic E-state index is -0.898. The van der Waals surface area contributed by atoms with Crippen LogP contribution in [0.2, 0.25) is 5.02 Å². The second-order valence-electron chi connectivity index (χ2n) is 5.45. The Balaban J connectivity index is 1.80. The molecule has 0 spiro atoms. The molecule has 114 valence electrons. The van der Waals surface area contributed by atoms with Gasteiger partial charge in [-0.25, -0.2) is 4.39 Å². The summed E-state index contributed by atoms with van der Waals surface area (Å²) >= 11 is 5.89. The number of hydrogen-bond donors (Lipinski definition) is 2. The monoisotopic (exact) mass is 313 g/mol. The van der Waals surface area contributed by atoms with Crippen molar-refractivity contribution in [2.24, 2.45) is 5.41 Å². The van der Waals surface area contributed by atoms with Crippen molar-refractivity contribution in [2.75, 3.05) is 6.54 Å². The van der Waals surface area contributed by atoms with Gasteiger partial charge in [-0.15, -0.1) is 0 Å². The lowest BCUT2D eigenvalue weighted by molar-refractivity contribution is -0.157. The number of carbonyl (C=O) groups is 2. The summed E-state index contributed by atoms with van der Waals surface area (Å²) in [7, 11) is 0. The third kappa shape index (κ3) is 3.73. The fraction of sp³-hybridized carbons (Fsp3) is 0.467. The summed E-state index contributed by atoms with van der Waals surface area (Å²) in [4.78, 5) is 23.0. The molecule has 0 atom stereocenters. The second-order valence-corrected chi connectivity index (χ2v) is 5.86. The van der Waals surface area contributed by atoms with Gasteiger partial charge < -0.3 is 10.4 Å². The molecule has 1 saturated carbocycles. The predicted octanol–water partition coefficient (Wildman–Crippen LogP) is 2.78. The standard InChI is InChI=1S/C15H17ClFNO3/c16-12-8-11(17)3-2-10(12)4-7-18-13(19)9-15(14(20)21)5-1-6-15/h2-3,8H,1,4-7,9H2,(H,18,19)(H,20,21). The van der Waals surface area contributed by atoms with Gasteiger partial charge in [-0.2, -0.15) is 0 Å². The van der Waals surface area contributed by atoms with E-state index in [0.717, 1.165) is 12.0 Å². The Labute approximate surface area is 127 Å². The summed E-state index contributed by atoms with van der Waals surface area (Å²) in [6.07, 6.45) is 2.45. The van der Waals surface area contributed by atoms with E-state index in [1.54, 1.807) is 6.07 Å². The van der Waals surface area contributed by atoms with E-state index in [1.807, 2.05) is 0 Å². The molecule has 0 aromatic heterocycles. The highest BCUT2D eigenvalue weighted by molar-refractivity contribution is 6.31. The topological polar surface area (TPSA) is 66.4 Å². The maximum atomic E-state index is 12.9. The maximum Gasteiger partial charge on any atom is 0.310 e. The van der Waals surface area contributed by atoms with Crippen molar-refractivity contribution in [2.45, 2.75) is 32.1 Å². The molecule has 0 aliphatic heterocycles. The van der Waals surface area contributed by atoms with Gasteiger partial charge in [0.05, 0.1) is 5.41 Å². The minimum Gasteiger partial charge on any atom is -0.481 e. The Kier molecular flexibility index (Phi) is 4.83. The van der Waals surface area contributed by atoms with Crippen LogP contribution in [0.1, 0.15) is 31.2 Å². The summed E-state index contributed by atoms with van der Waals surface area (Å²) in [5.41, 5.74) is -0.132. The van der Waals surface area contributed by atoms with Crippen molar-refractivity contribution in [3.8, 4) is 0 Å². The van der Waals surface area contributed by atoms with E-state index >= 15 is 0 Å². The van der Waals surface area contributed by atoms with E-state index in [1.165, 1.54) is 12.1 Å². The number of aliphatic carboxylic acids is 1. The molecule has 21 heavy (non-hydrogen) atoms. The zero-order valence-corrected chi connectivity index (χ0v) is 12.3. The highest BCUT2D eigenvalue weighted by Crippen LogP contribution is 2.44. The Hall–Kier alpha value is -1.62. The number of amides is 1. The van der Waals surface area contributed by atoms with Crippen molar-refractivity contribution >= 4 is 23.5 Å². The van der Waals surface area contributed by atoms with Crippen LogP contribution in [-0.4, -0.2) is 23.5 Å². The van der Waals surface area contributed by atoms with Crippen LogP contribution in [-0.2, 0) is 16.0 Å². The Morgan fingerprint density at radius 2 is 2.10 bits per heavy atom. The molecule has 6 heteroatoms. The molecule has 0 radical (unpaired) electrons. The van der Waals surface area contributed by atoms with Crippen molar-refractivity contribution < 1.29 is 19.1 Å². The van der Waals surface area contributed by atoms with E-state index in [2.05, 4.69) is 5.32 Å². The predicted molar refractivity (Wildman–Crippen MR) is 76.7 cm³/mol. The van der Waals surface area contributed by atoms with Gasteiger partial charge in [0.15, 0.2) is 0 Å². The maximum absolute atomic E-state index is 12.9. The van der Waals surface area contributed by atoms with E-state index in [0.29, 0.717) is 30.8 Å². The van der Waals surface area contributed by atoms with Crippen molar-refractivity contribution in [1.29, 1.82) is 0 Å². The highest BCUT2D eigenvalue weighted by Gasteiger charge is 2.45. The number of rotatable bonds is 6. The van der Waals surface area contributed by atoms with Crippen LogP contribution in [0, 0.1) is 11.2 Å². The first-order valence-electron chi connectivity index (χ1n) is 6.87. The van der Waals surface area contributed by atoms with E-state index in [9.17, 15) is 14.0 Å². The quantitative estimate of drug-likeness (QED) is 0.848. The summed E-state index contributed by atoms with van der Waals surface area (Å²) in [5.74, 6) is -1.57. The molecule has 2 rings (SSSR count). The molecule has 0 heterocycles. The summed E-state index contributed by atoms with van der Waals surface area (Å²) in [6, 6.07) is 4.12. The number of nitrogens with one attached hydrogen (secondary N) is 1. The van der Waals surface area contributed by atoms with E-state index < -0.39 is 17.2 Å². The zero-order chi connectivity index (χ0) is 15.5. The normalized spacial score (nSPS) is 16.1. The zero-order valence-electron chi connectivity index (χ0n) is 11.5. The lowest BCUT2D eigenvalue weighted by atomic mass is 9.66. The van der Waals surface area contributed by atoms with Gasteiger partial charge >= 0.3 is 5.97 Å². The largest absolute Gasteiger partial charge is 0.481 e. The van der Waals surface area contributed by atoms with Crippen LogP contribution >= 0.6 is 11.6 Å². The second kappa shape index (κ2) is 6.43. The minimum absolute atomic E-state index is 0.0134. The molecular formula is C15H17ClFNO3. The van der Waals surface area contributed by atoms with Crippen molar-refractivity contribution in [3.63, 3.8) is 0 Å². The fourth-order valence-corrected chi connectivity index (χ4v) is 2.76. The molecule has 1 amide bonds.